The molecule has 0 bridgehead atoms. The van der Waals surface area contributed by atoms with E-state index in [0.717, 1.165) is 6.42 Å². The van der Waals surface area contributed by atoms with Crippen molar-refractivity contribution in [3.63, 3.8) is 0 Å². The van der Waals surface area contributed by atoms with Gasteiger partial charge in [0.25, 0.3) is 0 Å². The first-order valence-electron chi connectivity index (χ1n) is 5.23. The number of carbonyl (C=O) groups excluding carboxylic acids is 1. The molecular weight excluding hydrogens is 214 g/mol. The highest BCUT2D eigenvalue weighted by Gasteiger charge is 2.18. The minimum atomic E-state index is 0.0165. The van der Waals surface area contributed by atoms with Crippen LogP contribution in [0, 0.1) is 5.41 Å². The molecule has 90 valence electrons. The molecule has 0 fully saturated rings. The van der Waals surface area contributed by atoms with Crippen molar-refractivity contribution in [3.8, 4) is 0 Å². The summed E-state index contributed by atoms with van der Waals surface area (Å²) in [6.07, 6.45) is 1.26. The average molecular weight is 236 g/mol. The third-order valence-electron chi connectivity index (χ3n) is 1.88. The van der Waals surface area contributed by atoms with Crippen LogP contribution in [0.5, 0.6) is 0 Å². The number of halogens is 1. The molecule has 1 unspecified atom stereocenters. The second kappa shape index (κ2) is 7.07. The van der Waals surface area contributed by atoms with Gasteiger partial charge < -0.3 is 10.1 Å². The summed E-state index contributed by atoms with van der Waals surface area (Å²) >= 11 is 5.64. The molecule has 3 nitrogen and oxygen atoms in total. The number of methoxy groups -OCH3 is 1. The van der Waals surface area contributed by atoms with Crippen molar-refractivity contribution in [2.45, 2.75) is 39.7 Å². The number of nitrogens with one attached hydrogen (secondary N) is 1. The lowest BCUT2D eigenvalue weighted by molar-refractivity contribution is -0.123. The van der Waals surface area contributed by atoms with E-state index < -0.39 is 0 Å². The smallest absolute Gasteiger partial charge is 0.220 e. The zero-order valence-corrected chi connectivity index (χ0v) is 10.9. The molecule has 1 atom stereocenters. The Kier molecular flexibility index (Phi) is 6.94. The number of amides is 1. The van der Waals surface area contributed by atoms with E-state index >= 15 is 0 Å². The molecule has 0 aromatic rings. The van der Waals surface area contributed by atoms with Crippen LogP contribution >= 0.6 is 11.6 Å². The zero-order chi connectivity index (χ0) is 11.9. The van der Waals surface area contributed by atoms with Crippen LogP contribution in [0.1, 0.15) is 33.6 Å². The van der Waals surface area contributed by atoms with Crippen molar-refractivity contribution in [2.75, 3.05) is 19.6 Å². The van der Waals surface area contributed by atoms with Crippen LogP contribution in [-0.2, 0) is 9.53 Å². The number of alkyl halides is 1. The second-order valence-corrected chi connectivity index (χ2v) is 5.31. The lowest BCUT2D eigenvalue weighted by atomic mass is 9.92. The second-order valence-electron chi connectivity index (χ2n) is 4.93. The Morgan fingerprint density at radius 2 is 2.07 bits per heavy atom. The van der Waals surface area contributed by atoms with Crippen molar-refractivity contribution in [2.24, 2.45) is 5.41 Å². The lowest BCUT2D eigenvalue weighted by Crippen LogP contribution is -2.39. The summed E-state index contributed by atoms with van der Waals surface area (Å²) in [7, 11) is 1.62. The van der Waals surface area contributed by atoms with Crippen LogP contribution in [0.3, 0.4) is 0 Å². The first kappa shape index (κ1) is 14.7. The van der Waals surface area contributed by atoms with E-state index in [-0.39, 0.29) is 17.4 Å². The summed E-state index contributed by atoms with van der Waals surface area (Å²) in [5.74, 6) is 0.596. The molecule has 0 radical (unpaired) electrons. The van der Waals surface area contributed by atoms with Crippen LogP contribution < -0.4 is 5.32 Å². The van der Waals surface area contributed by atoms with Crippen LogP contribution in [0.25, 0.3) is 0 Å². The molecule has 0 spiro atoms. The summed E-state index contributed by atoms with van der Waals surface area (Å²) < 4.78 is 5.01. The summed E-state index contributed by atoms with van der Waals surface area (Å²) in [5.41, 5.74) is 0.0165. The minimum Gasteiger partial charge on any atom is -0.383 e. The van der Waals surface area contributed by atoms with Gasteiger partial charge in [0.15, 0.2) is 0 Å². The van der Waals surface area contributed by atoms with Crippen molar-refractivity contribution in [3.05, 3.63) is 0 Å². The van der Waals surface area contributed by atoms with Crippen LogP contribution in [-0.4, -0.2) is 31.5 Å². The zero-order valence-electron chi connectivity index (χ0n) is 10.1. The molecule has 0 aromatic carbocycles. The van der Waals surface area contributed by atoms with E-state index in [0.29, 0.717) is 18.9 Å². The highest BCUT2D eigenvalue weighted by molar-refractivity contribution is 6.17. The quantitative estimate of drug-likeness (QED) is 0.717. The molecule has 4 heteroatoms. The fourth-order valence-corrected chi connectivity index (χ4v) is 1.55. The normalized spacial score (nSPS) is 13.7. The van der Waals surface area contributed by atoms with E-state index in [4.69, 9.17) is 16.3 Å². The number of ether oxygens (including phenoxy) is 1. The van der Waals surface area contributed by atoms with Gasteiger partial charge in [0, 0.05) is 19.4 Å². The number of carbonyl (C=O) groups is 1. The third-order valence-corrected chi connectivity index (χ3v) is 2.10. The van der Waals surface area contributed by atoms with Gasteiger partial charge in [-0.15, -0.1) is 11.6 Å². The van der Waals surface area contributed by atoms with Crippen molar-refractivity contribution in [1.82, 2.24) is 5.32 Å². The lowest BCUT2D eigenvalue weighted by Gasteiger charge is -2.21. The number of hydrogen-bond acceptors (Lipinski definition) is 2. The Hall–Kier alpha value is -0.280. The molecule has 0 heterocycles. The molecule has 15 heavy (non-hydrogen) atoms. The topological polar surface area (TPSA) is 38.3 Å². The summed E-state index contributed by atoms with van der Waals surface area (Å²) in [5, 5.41) is 2.93. The number of hydrogen-bond donors (Lipinski definition) is 1. The number of rotatable bonds is 6. The van der Waals surface area contributed by atoms with Gasteiger partial charge in [-0.05, 0) is 11.8 Å². The highest BCUT2D eigenvalue weighted by atomic mass is 35.5. The summed E-state index contributed by atoms with van der Waals surface area (Å²) in [6, 6.07) is 0.0300. The van der Waals surface area contributed by atoms with E-state index in [2.05, 4.69) is 5.32 Å². The first-order chi connectivity index (χ1) is 6.89. The third kappa shape index (κ3) is 8.70. The monoisotopic (exact) mass is 235 g/mol. The van der Waals surface area contributed by atoms with Crippen molar-refractivity contribution in [1.29, 1.82) is 0 Å². The maximum atomic E-state index is 11.6. The van der Waals surface area contributed by atoms with Crippen molar-refractivity contribution < 1.29 is 9.53 Å². The largest absolute Gasteiger partial charge is 0.383 e. The van der Waals surface area contributed by atoms with Gasteiger partial charge in [-0.25, -0.2) is 0 Å². The Balaban J connectivity index is 3.99. The average Bonchev–Trinajstić information content (AvgIpc) is 2.00. The molecule has 0 saturated carbocycles. The predicted octanol–water partition coefficient (Wildman–Crippen LogP) is 2.18. The standard InChI is InChI=1S/C11H22ClNO2/c1-11(2,3)7-10(14)13-9(5-6-12)8-15-4/h9H,5-8H2,1-4H3,(H,13,14). The van der Waals surface area contributed by atoms with Gasteiger partial charge in [-0.3, -0.25) is 4.79 Å². The SMILES string of the molecule is COCC(CCCl)NC(=O)CC(C)(C)C. The summed E-state index contributed by atoms with van der Waals surface area (Å²) in [4.78, 5) is 11.6. The van der Waals surface area contributed by atoms with Gasteiger partial charge in [-0.2, -0.15) is 0 Å². The fourth-order valence-electron chi connectivity index (χ4n) is 1.29. The first-order valence-corrected chi connectivity index (χ1v) is 5.77. The molecule has 0 aliphatic carbocycles. The van der Waals surface area contributed by atoms with E-state index in [1.54, 1.807) is 7.11 Å². The molecule has 0 rings (SSSR count). The molecular formula is C11H22ClNO2. The summed E-state index contributed by atoms with van der Waals surface area (Å²) in [6.45, 7) is 6.64. The van der Waals surface area contributed by atoms with Gasteiger partial charge >= 0.3 is 0 Å². The predicted molar refractivity (Wildman–Crippen MR) is 63.2 cm³/mol. The molecule has 1 N–H and O–H groups in total. The maximum absolute atomic E-state index is 11.6. The van der Waals surface area contributed by atoms with Crippen LogP contribution in [0.15, 0.2) is 0 Å². The maximum Gasteiger partial charge on any atom is 0.220 e. The van der Waals surface area contributed by atoms with Crippen LogP contribution in [0.2, 0.25) is 0 Å². The minimum absolute atomic E-state index is 0.0165. The van der Waals surface area contributed by atoms with Gasteiger partial charge in [-0.1, -0.05) is 20.8 Å². The molecule has 0 saturated heterocycles. The van der Waals surface area contributed by atoms with Gasteiger partial charge in [0.2, 0.25) is 5.91 Å². The van der Waals surface area contributed by atoms with Crippen LogP contribution in [0.4, 0.5) is 0 Å². The fraction of sp³-hybridized carbons (Fsp3) is 0.909. The molecule has 0 aromatic heterocycles. The molecule has 0 aliphatic rings. The Morgan fingerprint density at radius 1 is 1.47 bits per heavy atom. The van der Waals surface area contributed by atoms with E-state index in [1.807, 2.05) is 20.8 Å². The Bertz CT molecular complexity index is 184. The Morgan fingerprint density at radius 3 is 2.47 bits per heavy atom. The van der Waals surface area contributed by atoms with E-state index in [1.165, 1.54) is 0 Å². The molecule has 0 aliphatic heterocycles. The van der Waals surface area contributed by atoms with E-state index in [9.17, 15) is 4.79 Å². The van der Waals surface area contributed by atoms with Gasteiger partial charge in [0.1, 0.15) is 0 Å². The molecule has 1 amide bonds. The Labute approximate surface area is 97.5 Å². The van der Waals surface area contributed by atoms with Gasteiger partial charge in [0.05, 0.1) is 12.6 Å². The van der Waals surface area contributed by atoms with Crippen molar-refractivity contribution >= 4 is 17.5 Å². The highest BCUT2D eigenvalue weighted by Crippen LogP contribution is 2.18.